The van der Waals surface area contributed by atoms with Gasteiger partial charge in [0, 0.05) is 23.6 Å². The van der Waals surface area contributed by atoms with Gasteiger partial charge in [-0.25, -0.2) is 9.67 Å². The smallest absolute Gasteiger partial charge is 0.269 e. The first-order valence-corrected chi connectivity index (χ1v) is 12.3. The van der Waals surface area contributed by atoms with Gasteiger partial charge in [0.05, 0.1) is 29.6 Å². The summed E-state index contributed by atoms with van der Waals surface area (Å²) in [6.45, 7) is 1.02. The Bertz CT molecular complexity index is 1420. The van der Waals surface area contributed by atoms with Gasteiger partial charge >= 0.3 is 0 Å². The average Bonchev–Trinajstić information content (AvgIpc) is 3.63. The highest BCUT2D eigenvalue weighted by Crippen LogP contribution is 2.43. The SMILES string of the molecule is O=C(NCCn1ncc2c(=O)n(Cc3ccc([N+](=O)[O-])cc3)cnc21)C1(c2cccs2)CCCC1. The number of nitrogens with one attached hydrogen (secondary N) is 1. The topological polar surface area (TPSA) is 125 Å². The van der Waals surface area contributed by atoms with E-state index >= 15 is 0 Å². The number of rotatable bonds is 8. The number of nitro groups is 1. The Kier molecular flexibility index (Phi) is 6.16. The molecule has 5 rings (SSSR count). The highest BCUT2D eigenvalue weighted by atomic mass is 32.1. The van der Waals surface area contributed by atoms with Crippen molar-refractivity contribution in [2.45, 2.75) is 44.2 Å². The third-order valence-corrected chi connectivity index (χ3v) is 7.69. The Morgan fingerprint density at radius 1 is 1.20 bits per heavy atom. The van der Waals surface area contributed by atoms with Crippen molar-refractivity contribution in [2.24, 2.45) is 0 Å². The number of hydrogen-bond donors (Lipinski definition) is 1. The molecule has 1 N–H and O–H groups in total. The number of non-ortho nitro benzene ring substituents is 1. The molecule has 1 fully saturated rings. The van der Waals surface area contributed by atoms with Crippen LogP contribution in [-0.4, -0.2) is 36.7 Å². The molecule has 11 heteroatoms. The second kappa shape index (κ2) is 9.41. The fourth-order valence-corrected chi connectivity index (χ4v) is 5.74. The van der Waals surface area contributed by atoms with Crippen LogP contribution >= 0.6 is 11.3 Å². The predicted molar refractivity (Wildman–Crippen MR) is 131 cm³/mol. The minimum atomic E-state index is -0.462. The fraction of sp³-hybridized carbons (Fsp3) is 0.333. The molecule has 0 atom stereocenters. The molecule has 1 aliphatic rings. The van der Waals surface area contributed by atoms with E-state index < -0.39 is 10.3 Å². The molecule has 0 radical (unpaired) electrons. The molecule has 1 aliphatic carbocycles. The van der Waals surface area contributed by atoms with E-state index in [2.05, 4.69) is 15.4 Å². The Hall–Kier alpha value is -3.86. The summed E-state index contributed by atoms with van der Waals surface area (Å²) in [5, 5.41) is 20.6. The van der Waals surface area contributed by atoms with Gasteiger partial charge in [0.25, 0.3) is 11.2 Å². The molecule has 10 nitrogen and oxygen atoms in total. The van der Waals surface area contributed by atoms with Crippen molar-refractivity contribution in [3.63, 3.8) is 0 Å². The zero-order chi connectivity index (χ0) is 24.4. The van der Waals surface area contributed by atoms with Gasteiger partial charge in [-0.05, 0) is 29.9 Å². The lowest BCUT2D eigenvalue weighted by Crippen LogP contribution is -2.43. The molecule has 180 valence electrons. The minimum Gasteiger partial charge on any atom is -0.353 e. The van der Waals surface area contributed by atoms with Gasteiger partial charge < -0.3 is 5.32 Å². The fourth-order valence-electron chi connectivity index (χ4n) is 4.75. The van der Waals surface area contributed by atoms with Crippen molar-refractivity contribution in [1.82, 2.24) is 24.6 Å². The van der Waals surface area contributed by atoms with Crippen LogP contribution in [0.3, 0.4) is 0 Å². The zero-order valence-electron chi connectivity index (χ0n) is 18.9. The molecule has 4 aromatic rings. The average molecular weight is 493 g/mol. The van der Waals surface area contributed by atoms with Gasteiger partial charge in [-0.15, -0.1) is 11.3 Å². The van der Waals surface area contributed by atoms with Gasteiger partial charge in [-0.1, -0.05) is 31.0 Å². The van der Waals surface area contributed by atoms with Gasteiger partial charge in [0.1, 0.15) is 11.7 Å². The number of carbonyl (C=O) groups is 1. The van der Waals surface area contributed by atoms with E-state index in [1.807, 2.05) is 17.5 Å². The second-order valence-corrected chi connectivity index (χ2v) is 9.68. The molecule has 3 aromatic heterocycles. The van der Waals surface area contributed by atoms with Gasteiger partial charge in [-0.3, -0.25) is 24.3 Å². The van der Waals surface area contributed by atoms with Gasteiger partial charge in [0.15, 0.2) is 5.65 Å². The number of carbonyl (C=O) groups excluding carboxylic acids is 1. The van der Waals surface area contributed by atoms with Crippen molar-refractivity contribution < 1.29 is 9.72 Å². The number of benzene rings is 1. The summed E-state index contributed by atoms with van der Waals surface area (Å²) < 4.78 is 3.07. The van der Waals surface area contributed by atoms with Gasteiger partial charge in [0.2, 0.25) is 5.91 Å². The van der Waals surface area contributed by atoms with Crippen molar-refractivity contribution in [2.75, 3.05) is 6.54 Å². The van der Waals surface area contributed by atoms with E-state index in [9.17, 15) is 19.7 Å². The number of amides is 1. The third-order valence-electron chi connectivity index (χ3n) is 6.62. The predicted octanol–water partition coefficient (Wildman–Crippen LogP) is 3.24. The van der Waals surface area contributed by atoms with E-state index in [0.29, 0.717) is 24.1 Å². The molecular weight excluding hydrogens is 468 g/mol. The van der Waals surface area contributed by atoms with E-state index in [1.165, 1.54) is 29.2 Å². The molecule has 0 saturated heterocycles. The maximum absolute atomic E-state index is 13.1. The molecule has 35 heavy (non-hydrogen) atoms. The monoisotopic (exact) mass is 492 g/mol. The quantitative estimate of drug-likeness (QED) is 0.297. The summed E-state index contributed by atoms with van der Waals surface area (Å²) in [5.74, 6) is 0.0484. The molecule has 0 unspecified atom stereocenters. The Morgan fingerprint density at radius 3 is 2.66 bits per heavy atom. The first kappa shape index (κ1) is 22.9. The Labute approximate surface area is 204 Å². The summed E-state index contributed by atoms with van der Waals surface area (Å²) >= 11 is 1.63. The second-order valence-electron chi connectivity index (χ2n) is 8.73. The lowest BCUT2D eigenvalue weighted by molar-refractivity contribution is -0.384. The number of aromatic nitrogens is 4. The molecule has 0 spiro atoms. The van der Waals surface area contributed by atoms with Crippen LogP contribution in [0.5, 0.6) is 0 Å². The molecule has 1 aromatic carbocycles. The summed E-state index contributed by atoms with van der Waals surface area (Å²) in [7, 11) is 0. The summed E-state index contributed by atoms with van der Waals surface area (Å²) in [4.78, 5) is 42.0. The largest absolute Gasteiger partial charge is 0.353 e. The van der Waals surface area contributed by atoms with Gasteiger partial charge in [-0.2, -0.15) is 5.10 Å². The van der Waals surface area contributed by atoms with E-state index in [1.54, 1.807) is 28.2 Å². The first-order valence-electron chi connectivity index (χ1n) is 11.4. The van der Waals surface area contributed by atoms with Crippen LogP contribution in [0.15, 0.2) is 59.1 Å². The van der Waals surface area contributed by atoms with Crippen molar-refractivity contribution >= 4 is 34.0 Å². The third kappa shape index (κ3) is 4.34. The molecule has 3 heterocycles. The summed E-state index contributed by atoms with van der Waals surface area (Å²) in [5.41, 5.74) is 0.520. The number of fused-ring (bicyclic) bond motifs is 1. The summed E-state index contributed by atoms with van der Waals surface area (Å²) in [6.07, 6.45) is 6.76. The van der Waals surface area contributed by atoms with Crippen molar-refractivity contribution in [3.8, 4) is 0 Å². The van der Waals surface area contributed by atoms with Crippen LogP contribution in [0.1, 0.15) is 36.1 Å². The van der Waals surface area contributed by atoms with Crippen LogP contribution in [0.25, 0.3) is 11.0 Å². The number of thiophene rings is 1. The summed E-state index contributed by atoms with van der Waals surface area (Å²) in [6, 6.07) is 10.1. The maximum Gasteiger partial charge on any atom is 0.269 e. The zero-order valence-corrected chi connectivity index (χ0v) is 19.7. The lowest BCUT2D eigenvalue weighted by Gasteiger charge is -2.26. The standard InChI is InChI=1S/C24H24N6O4S/c31-22-19-14-27-29(12-11-25-23(32)24(9-1-2-10-24)20-4-3-13-35-20)21(19)26-16-28(22)15-17-5-7-18(8-6-17)30(33)34/h3-8,13-14,16H,1-2,9-12,15H2,(H,25,32). The highest BCUT2D eigenvalue weighted by molar-refractivity contribution is 7.10. The van der Waals surface area contributed by atoms with Crippen molar-refractivity contribution in [3.05, 3.63) is 85.2 Å². The Morgan fingerprint density at radius 2 is 1.97 bits per heavy atom. The van der Waals surface area contributed by atoms with E-state index in [-0.39, 0.29) is 23.7 Å². The van der Waals surface area contributed by atoms with E-state index in [0.717, 1.165) is 36.1 Å². The van der Waals surface area contributed by atoms with Crippen molar-refractivity contribution in [1.29, 1.82) is 0 Å². The number of nitrogens with zero attached hydrogens (tertiary/aromatic N) is 5. The maximum atomic E-state index is 13.1. The van der Waals surface area contributed by atoms with Crippen LogP contribution in [0, 0.1) is 10.1 Å². The molecular formula is C24H24N6O4S. The minimum absolute atomic E-state index is 0.00252. The first-order chi connectivity index (χ1) is 17.0. The van der Waals surface area contributed by atoms with Crippen LogP contribution in [0.2, 0.25) is 0 Å². The highest BCUT2D eigenvalue weighted by Gasteiger charge is 2.43. The lowest BCUT2D eigenvalue weighted by atomic mass is 9.83. The number of hydrogen-bond acceptors (Lipinski definition) is 7. The Balaban J connectivity index is 1.27. The van der Waals surface area contributed by atoms with Crippen LogP contribution in [0.4, 0.5) is 5.69 Å². The number of nitro benzene ring substituents is 1. The van der Waals surface area contributed by atoms with Crippen LogP contribution in [-0.2, 0) is 23.3 Å². The van der Waals surface area contributed by atoms with Crippen LogP contribution < -0.4 is 10.9 Å². The molecule has 0 bridgehead atoms. The molecule has 1 saturated carbocycles. The van der Waals surface area contributed by atoms with E-state index in [4.69, 9.17) is 0 Å². The molecule has 0 aliphatic heterocycles. The molecule has 1 amide bonds. The normalized spacial score (nSPS) is 14.9.